The van der Waals surface area contributed by atoms with E-state index in [1.807, 2.05) is 22.6 Å². The van der Waals surface area contributed by atoms with Crippen LogP contribution in [0.15, 0.2) is 42.0 Å². The Labute approximate surface area is 165 Å². The number of aromatic hydroxyl groups is 1. The third kappa shape index (κ3) is 4.89. The highest BCUT2D eigenvalue weighted by atomic mass is 127. The molecule has 0 atom stereocenters. The van der Waals surface area contributed by atoms with E-state index in [4.69, 9.17) is 11.6 Å². The summed E-state index contributed by atoms with van der Waals surface area (Å²) in [5, 5.41) is 21.7. The van der Waals surface area contributed by atoms with Crippen molar-refractivity contribution in [2.75, 3.05) is 5.32 Å². The second-order valence-electron chi connectivity index (χ2n) is 5.03. The monoisotopic (exact) mass is 492 g/mol. The van der Waals surface area contributed by atoms with E-state index in [9.17, 15) is 28.3 Å². The van der Waals surface area contributed by atoms with Crippen molar-refractivity contribution in [2.45, 2.75) is 6.18 Å². The third-order valence-electron chi connectivity index (χ3n) is 3.17. The number of nitrogens with one attached hydrogen (secondary N) is 1. The molecule has 0 aliphatic carbocycles. The minimum atomic E-state index is -4.56. The zero-order chi connectivity index (χ0) is 19.5. The molecule has 26 heavy (non-hydrogen) atoms. The van der Waals surface area contributed by atoms with Crippen molar-refractivity contribution < 1.29 is 23.1 Å². The Morgan fingerprint density at radius 2 is 2.00 bits per heavy atom. The number of alkyl halides is 3. The number of nitrogens with zero attached hydrogens (tertiary/aromatic N) is 1. The molecule has 134 valence electrons. The van der Waals surface area contributed by atoms with E-state index < -0.39 is 23.2 Å². The van der Waals surface area contributed by atoms with Crippen LogP contribution in [0.2, 0.25) is 5.02 Å². The van der Waals surface area contributed by atoms with Crippen LogP contribution in [0.5, 0.6) is 5.75 Å². The molecule has 9 heteroatoms. The molecule has 4 nitrogen and oxygen atoms in total. The highest BCUT2D eigenvalue weighted by molar-refractivity contribution is 14.1. The zero-order valence-corrected chi connectivity index (χ0v) is 15.6. The van der Waals surface area contributed by atoms with Gasteiger partial charge in [0, 0.05) is 16.3 Å². The van der Waals surface area contributed by atoms with Crippen LogP contribution < -0.4 is 5.32 Å². The standard InChI is InChI=1S/C17H9ClF3IN2O2/c18-12-5-9(15(25)14(22)7-12)4-10(8-23)16(26)24-13-3-1-2-11(6-13)17(19,20)21/h1-7,25H,(H,24,26)/b10-4-. The molecular weight excluding hydrogens is 484 g/mol. The predicted octanol–water partition coefficient (Wildman–Crippen LogP) is 5.21. The number of phenols is 1. The Morgan fingerprint density at radius 3 is 2.62 bits per heavy atom. The molecular formula is C17H9ClF3IN2O2. The van der Waals surface area contributed by atoms with Gasteiger partial charge in [0.15, 0.2) is 0 Å². The molecule has 0 saturated heterocycles. The second-order valence-corrected chi connectivity index (χ2v) is 6.63. The van der Waals surface area contributed by atoms with Crippen LogP contribution in [0.3, 0.4) is 0 Å². The van der Waals surface area contributed by atoms with Crippen LogP contribution in [-0.2, 0) is 11.0 Å². The number of rotatable bonds is 3. The summed E-state index contributed by atoms with van der Waals surface area (Å²) < 4.78 is 38.6. The van der Waals surface area contributed by atoms with E-state index >= 15 is 0 Å². The molecule has 2 rings (SSSR count). The first-order valence-corrected chi connectivity index (χ1v) is 8.36. The Hall–Kier alpha value is -2.25. The highest BCUT2D eigenvalue weighted by Crippen LogP contribution is 2.32. The van der Waals surface area contributed by atoms with Crippen molar-refractivity contribution in [1.29, 1.82) is 5.26 Å². The number of halogens is 5. The summed E-state index contributed by atoms with van der Waals surface area (Å²) in [4.78, 5) is 12.2. The van der Waals surface area contributed by atoms with Crippen molar-refractivity contribution in [3.05, 3.63) is 61.7 Å². The van der Waals surface area contributed by atoms with E-state index in [0.29, 0.717) is 3.57 Å². The number of carbonyl (C=O) groups excluding carboxylic acids is 1. The zero-order valence-electron chi connectivity index (χ0n) is 12.7. The van der Waals surface area contributed by atoms with Crippen molar-refractivity contribution in [1.82, 2.24) is 0 Å². The molecule has 0 aliphatic rings. The fraction of sp³-hybridized carbons (Fsp3) is 0.0588. The molecule has 0 aliphatic heterocycles. The normalized spacial score (nSPS) is 11.8. The fourth-order valence-corrected chi connectivity index (χ4v) is 3.03. The minimum absolute atomic E-state index is 0.115. The third-order valence-corrected chi connectivity index (χ3v) is 4.21. The number of nitriles is 1. The van der Waals surface area contributed by atoms with E-state index in [-0.39, 0.29) is 22.0 Å². The van der Waals surface area contributed by atoms with Crippen LogP contribution in [0, 0.1) is 14.9 Å². The lowest BCUT2D eigenvalue weighted by Crippen LogP contribution is -2.14. The highest BCUT2D eigenvalue weighted by Gasteiger charge is 2.30. The van der Waals surface area contributed by atoms with Crippen LogP contribution in [-0.4, -0.2) is 11.0 Å². The summed E-state index contributed by atoms with van der Waals surface area (Å²) in [5.41, 5.74) is -1.32. The molecule has 1 amide bonds. The van der Waals surface area contributed by atoms with Crippen molar-refractivity contribution in [2.24, 2.45) is 0 Å². The van der Waals surface area contributed by atoms with Crippen molar-refractivity contribution in [3.8, 4) is 11.8 Å². The van der Waals surface area contributed by atoms with Gasteiger partial charge in [-0.1, -0.05) is 17.7 Å². The number of benzene rings is 2. The van der Waals surface area contributed by atoms with Crippen molar-refractivity contribution >= 4 is 51.9 Å². The van der Waals surface area contributed by atoms with Gasteiger partial charge in [0.1, 0.15) is 17.4 Å². The van der Waals surface area contributed by atoms with E-state index in [1.54, 1.807) is 6.07 Å². The number of hydrogen-bond donors (Lipinski definition) is 2. The predicted molar refractivity (Wildman–Crippen MR) is 99.5 cm³/mol. The molecule has 0 fully saturated rings. The summed E-state index contributed by atoms with van der Waals surface area (Å²) in [5.74, 6) is -1.09. The van der Waals surface area contributed by atoms with Gasteiger partial charge < -0.3 is 10.4 Å². The molecule has 0 heterocycles. The average Bonchev–Trinajstić information content (AvgIpc) is 2.56. The van der Waals surface area contributed by atoms with Gasteiger partial charge in [0.2, 0.25) is 0 Å². The first-order chi connectivity index (χ1) is 12.1. The maximum Gasteiger partial charge on any atom is 0.416 e. The first-order valence-electron chi connectivity index (χ1n) is 6.90. The van der Waals surface area contributed by atoms with Crippen LogP contribution in [0.4, 0.5) is 18.9 Å². The Morgan fingerprint density at radius 1 is 1.31 bits per heavy atom. The van der Waals surface area contributed by atoms with Crippen LogP contribution in [0.1, 0.15) is 11.1 Å². The fourth-order valence-electron chi connectivity index (χ4n) is 1.97. The Kier molecular flexibility index (Phi) is 6.15. The van der Waals surface area contributed by atoms with E-state index in [2.05, 4.69) is 5.32 Å². The van der Waals surface area contributed by atoms with Crippen molar-refractivity contribution in [3.63, 3.8) is 0 Å². The number of amides is 1. The molecule has 2 aromatic rings. The topological polar surface area (TPSA) is 73.1 Å². The van der Waals surface area contributed by atoms with Crippen LogP contribution >= 0.6 is 34.2 Å². The van der Waals surface area contributed by atoms with Gasteiger partial charge in [0.05, 0.1) is 9.13 Å². The maximum atomic E-state index is 12.7. The van der Waals surface area contributed by atoms with Gasteiger partial charge in [-0.2, -0.15) is 18.4 Å². The molecule has 0 bridgehead atoms. The molecule has 0 radical (unpaired) electrons. The number of phenolic OH excluding ortho intramolecular Hbond substituents is 1. The largest absolute Gasteiger partial charge is 0.506 e. The average molecular weight is 493 g/mol. The Balaban J connectivity index is 2.32. The Bertz CT molecular complexity index is 937. The lowest BCUT2D eigenvalue weighted by atomic mass is 10.1. The lowest BCUT2D eigenvalue weighted by molar-refractivity contribution is -0.137. The van der Waals surface area contributed by atoms with E-state index in [0.717, 1.165) is 24.3 Å². The van der Waals surface area contributed by atoms with Crippen LogP contribution in [0.25, 0.3) is 6.08 Å². The first kappa shape index (κ1) is 20.1. The second kappa shape index (κ2) is 7.97. The molecule has 2 N–H and O–H groups in total. The maximum absolute atomic E-state index is 12.7. The summed E-state index contributed by atoms with van der Waals surface area (Å²) in [7, 11) is 0. The van der Waals surface area contributed by atoms with Gasteiger partial charge in [-0.25, -0.2) is 0 Å². The quantitative estimate of drug-likeness (QED) is 0.351. The SMILES string of the molecule is N#C/C(=C/c1cc(Cl)cc(I)c1O)C(=O)Nc1cccc(C(F)(F)F)c1. The van der Waals surface area contributed by atoms with Gasteiger partial charge in [-0.15, -0.1) is 0 Å². The summed E-state index contributed by atoms with van der Waals surface area (Å²) in [6.07, 6.45) is -3.45. The minimum Gasteiger partial charge on any atom is -0.506 e. The number of hydrogen-bond acceptors (Lipinski definition) is 3. The molecule has 0 aromatic heterocycles. The van der Waals surface area contributed by atoms with Gasteiger partial charge >= 0.3 is 6.18 Å². The van der Waals surface area contributed by atoms with Gasteiger partial charge in [0.25, 0.3) is 5.91 Å². The number of carbonyl (C=O) groups is 1. The molecule has 0 unspecified atom stereocenters. The molecule has 0 saturated carbocycles. The smallest absolute Gasteiger partial charge is 0.416 e. The summed E-state index contributed by atoms with van der Waals surface area (Å²) in [6, 6.07) is 8.52. The molecule has 2 aromatic carbocycles. The summed E-state index contributed by atoms with van der Waals surface area (Å²) >= 11 is 7.71. The molecule has 0 spiro atoms. The van der Waals surface area contributed by atoms with E-state index in [1.165, 1.54) is 18.2 Å². The van der Waals surface area contributed by atoms with Gasteiger partial charge in [-0.05, 0) is 59.0 Å². The lowest BCUT2D eigenvalue weighted by Gasteiger charge is -2.10. The number of anilines is 1. The van der Waals surface area contributed by atoms with Gasteiger partial charge in [-0.3, -0.25) is 4.79 Å². The summed E-state index contributed by atoms with van der Waals surface area (Å²) in [6.45, 7) is 0.